The highest BCUT2D eigenvalue weighted by atomic mass is 35.5. The van der Waals surface area contributed by atoms with Crippen LogP contribution in [0.5, 0.6) is 0 Å². The summed E-state index contributed by atoms with van der Waals surface area (Å²) in [6.07, 6.45) is -4.47. The minimum Gasteiger partial charge on any atom is -0.383 e. The molecule has 0 saturated heterocycles. The van der Waals surface area contributed by atoms with E-state index in [4.69, 9.17) is 16.3 Å². The van der Waals surface area contributed by atoms with Crippen LogP contribution in [0.15, 0.2) is 24.3 Å². The maximum absolute atomic E-state index is 12.6. The van der Waals surface area contributed by atoms with E-state index in [2.05, 4.69) is 0 Å². The Morgan fingerprint density at radius 2 is 2.10 bits per heavy atom. The lowest BCUT2D eigenvalue weighted by molar-refractivity contribution is -0.137. The standard InChI is InChI=1S/C13H15ClF3NO2/c1-18(7-11(14)8-20-2)12(19)9-4-3-5-10(6-9)13(15,16)17/h3-6,11H,7-8H2,1-2H3. The van der Waals surface area contributed by atoms with Crippen LogP contribution < -0.4 is 0 Å². The molecule has 0 aliphatic carbocycles. The Hall–Kier alpha value is -1.27. The van der Waals surface area contributed by atoms with Crippen molar-refractivity contribution in [2.24, 2.45) is 0 Å². The quantitative estimate of drug-likeness (QED) is 0.783. The van der Waals surface area contributed by atoms with E-state index in [1.807, 2.05) is 0 Å². The van der Waals surface area contributed by atoms with Crippen LogP contribution in [0, 0.1) is 0 Å². The Balaban J connectivity index is 2.82. The third-order valence-electron chi connectivity index (χ3n) is 2.60. The number of alkyl halides is 4. The number of ether oxygens (including phenoxy) is 1. The molecule has 0 spiro atoms. The van der Waals surface area contributed by atoms with Crippen LogP contribution in [0.3, 0.4) is 0 Å². The fourth-order valence-electron chi connectivity index (χ4n) is 1.66. The lowest BCUT2D eigenvalue weighted by Crippen LogP contribution is -2.34. The summed E-state index contributed by atoms with van der Waals surface area (Å²) >= 11 is 5.91. The second kappa shape index (κ2) is 6.95. The molecule has 1 aromatic carbocycles. The van der Waals surface area contributed by atoms with E-state index in [0.717, 1.165) is 12.1 Å². The van der Waals surface area contributed by atoms with Gasteiger partial charge >= 0.3 is 6.18 Å². The molecule has 20 heavy (non-hydrogen) atoms. The average molecular weight is 310 g/mol. The fourth-order valence-corrected chi connectivity index (χ4v) is 2.00. The van der Waals surface area contributed by atoms with E-state index in [9.17, 15) is 18.0 Å². The van der Waals surface area contributed by atoms with Crippen molar-refractivity contribution in [2.75, 3.05) is 27.3 Å². The van der Waals surface area contributed by atoms with E-state index in [0.29, 0.717) is 0 Å². The van der Waals surface area contributed by atoms with Gasteiger partial charge in [-0.2, -0.15) is 13.2 Å². The van der Waals surface area contributed by atoms with Crippen molar-refractivity contribution in [3.05, 3.63) is 35.4 Å². The second-order valence-corrected chi connectivity index (χ2v) is 4.93. The highest BCUT2D eigenvalue weighted by Crippen LogP contribution is 2.29. The first kappa shape index (κ1) is 16.8. The summed E-state index contributed by atoms with van der Waals surface area (Å²) in [5, 5.41) is -0.417. The Morgan fingerprint density at radius 3 is 2.65 bits per heavy atom. The van der Waals surface area contributed by atoms with Crippen molar-refractivity contribution in [3.8, 4) is 0 Å². The number of rotatable bonds is 5. The number of amides is 1. The summed E-state index contributed by atoms with van der Waals surface area (Å²) in [5.74, 6) is -0.516. The maximum Gasteiger partial charge on any atom is 0.416 e. The van der Waals surface area contributed by atoms with Crippen molar-refractivity contribution < 1.29 is 22.7 Å². The van der Waals surface area contributed by atoms with E-state index >= 15 is 0 Å². The van der Waals surface area contributed by atoms with Gasteiger partial charge in [0.2, 0.25) is 0 Å². The molecule has 0 radical (unpaired) electrons. The molecule has 1 aromatic rings. The first-order valence-corrected chi connectivity index (χ1v) is 6.25. The van der Waals surface area contributed by atoms with Crippen LogP contribution in [-0.4, -0.2) is 43.5 Å². The molecule has 1 unspecified atom stereocenters. The Labute approximate surface area is 120 Å². The topological polar surface area (TPSA) is 29.5 Å². The van der Waals surface area contributed by atoms with Crippen molar-refractivity contribution in [1.82, 2.24) is 4.90 Å². The van der Waals surface area contributed by atoms with Gasteiger partial charge in [-0.05, 0) is 18.2 Å². The van der Waals surface area contributed by atoms with Crippen molar-refractivity contribution >= 4 is 17.5 Å². The summed E-state index contributed by atoms with van der Waals surface area (Å²) in [7, 11) is 2.96. The van der Waals surface area contributed by atoms with Gasteiger partial charge in [-0.1, -0.05) is 6.07 Å². The zero-order valence-electron chi connectivity index (χ0n) is 11.1. The van der Waals surface area contributed by atoms with Crippen molar-refractivity contribution in [1.29, 1.82) is 0 Å². The van der Waals surface area contributed by atoms with Crippen LogP contribution in [0.1, 0.15) is 15.9 Å². The number of halogens is 4. The van der Waals surface area contributed by atoms with Gasteiger partial charge in [0.15, 0.2) is 0 Å². The molecule has 1 atom stereocenters. The lowest BCUT2D eigenvalue weighted by Gasteiger charge is -2.20. The Kier molecular flexibility index (Phi) is 5.83. The van der Waals surface area contributed by atoms with Crippen LogP contribution in [0.2, 0.25) is 0 Å². The van der Waals surface area contributed by atoms with Crippen LogP contribution in [-0.2, 0) is 10.9 Å². The molecule has 0 aromatic heterocycles. The first-order chi connectivity index (χ1) is 9.25. The predicted molar refractivity (Wildman–Crippen MR) is 69.9 cm³/mol. The third kappa shape index (κ3) is 4.68. The number of benzene rings is 1. The molecule has 0 bridgehead atoms. The van der Waals surface area contributed by atoms with E-state index in [1.165, 1.54) is 31.2 Å². The third-order valence-corrected chi connectivity index (χ3v) is 2.87. The zero-order chi connectivity index (χ0) is 15.3. The first-order valence-electron chi connectivity index (χ1n) is 5.81. The van der Waals surface area contributed by atoms with Gasteiger partial charge in [0.1, 0.15) is 0 Å². The average Bonchev–Trinajstić information content (AvgIpc) is 2.37. The number of hydrogen-bond acceptors (Lipinski definition) is 2. The van der Waals surface area contributed by atoms with Gasteiger partial charge in [0.05, 0.1) is 17.5 Å². The SMILES string of the molecule is COCC(Cl)CN(C)C(=O)c1cccc(C(F)(F)F)c1. The number of carbonyl (C=O) groups excluding carboxylic acids is 1. The van der Waals surface area contributed by atoms with Crippen molar-refractivity contribution in [3.63, 3.8) is 0 Å². The van der Waals surface area contributed by atoms with E-state index in [-0.39, 0.29) is 18.7 Å². The molecule has 0 heterocycles. The molecule has 0 aliphatic rings. The molecule has 0 saturated carbocycles. The monoisotopic (exact) mass is 309 g/mol. The minimum absolute atomic E-state index is 0.0244. The summed E-state index contributed by atoms with van der Waals surface area (Å²) in [6, 6.07) is 4.30. The van der Waals surface area contributed by atoms with Crippen molar-refractivity contribution in [2.45, 2.75) is 11.6 Å². The molecular formula is C13H15ClF3NO2. The summed E-state index contributed by atoms with van der Waals surface area (Å²) in [6.45, 7) is 0.437. The van der Waals surface area contributed by atoms with Crippen LogP contribution >= 0.6 is 11.6 Å². The summed E-state index contributed by atoms with van der Waals surface area (Å²) < 4.78 is 42.6. The number of nitrogens with zero attached hydrogens (tertiary/aromatic N) is 1. The minimum atomic E-state index is -4.47. The smallest absolute Gasteiger partial charge is 0.383 e. The molecule has 0 aliphatic heterocycles. The normalized spacial score (nSPS) is 13.1. The van der Waals surface area contributed by atoms with Crippen LogP contribution in [0.25, 0.3) is 0 Å². The van der Waals surface area contributed by atoms with Gasteiger partial charge in [0.25, 0.3) is 5.91 Å². The fraction of sp³-hybridized carbons (Fsp3) is 0.462. The van der Waals surface area contributed by atoms with Gasteiger partial charge < -0.3 is 9.64 Å². The summed E-state index contributed by atoms with van der Waals surface area (Å²) in [5.41, 5.74) is -0.875. The number of methoxy groups -OCH3 is 1. The molecule has 112 valence electrons. The summed E-state index contributed by atoms with van der Waals surface area (Å²) in [4.78, 5) is 13.3. The largest absolute Gasteiger partial charge is 0.416 e. The molecular weight excluding hydrogens is 295 g/mol. The van der Waals surface area contributed by atoms with Gasteiger partial charge in [-0.3, -0.25) is 4.79 Å². The lowest BCUT2D eigenvalue weighted by atomic mass is 10.1. The van der Waals surface area contributed by atoms with E-state index < -0.39 is 23.0 Å². The van der Waals surface area contributed by atoms with E-state index in [1.54, 1.807) is 0 Å². The predicted octanol–water partition coefficient (Wildman–Crippen LogP) is 3.03. The molecule has 0 fully saturated rings. The van der Waals surface area contributed by atoms with Crippen LogP contribution in [0.4, 0.5) is 13.2 Å². The Bertz CT molecular complexity index is 465. The zero-order valence-corrected chi connectivity index (χ0v) is 11.8. The second-order valence-electron chi connectivity index (χ2n) is 4.32. The van der Waals surface area contributed by atoms with Gasteiger partial charge in [-0.15, -0.1) is 11.6 Å². The molecule has 1 amide bonds. The van der Waals surface area contributed by atoms with Gasteiger partial charge in [0, 0.05) is 26.3 Å². The maximum atomic E-state index is 12.6. The molecule has 0 N–H and O–H groups in total. The number of hydrogen-bond donors (Lipinski definition) is 0. The highest BCUT2D eigenvalue weighted by Gasteiger charge is 2.31. The molecule has 1 rings (SSSR count). The molecule has 7 heteroatoms. The highest BCUT2D eigenvalue weighted by molar-refractivity contribution is 6.21. The Morgan fingerprint density at radius 1 is 1.45 bits per heavy atom. The number of carbonyl (C=O) groups is 1. The molecule has 3 nitrogen and oxygen atoms in total. The van der Waals surface area contributed by atoms with Gasteiger partial charge in [-0.25, -0.2) is 0 Å².